The fraction of sp³-hybridized carbons (Fsp3) is 0.333. The molecule has 2 aromatic rings. The highest BCUT2D eigenvalue weighted by molar-refractivity contribution is 6.35. The van der Waals surface area contributed by atoms with E-state index in [-0.39, 0.29) is 25.0 Å². The number of rotatable bonds is 9. The third-order valence-electron chi connectivity index (χ3n) is 4.29. The van der Waals surface area contributed by atoms with Crippen LogP contribution >= 0.6 is 23.2 Å². The Hall–Kier alpha value is -2.44. The lowest BCUT2D eigenvalue weighted by molar-refractivity contribution is -0.142. The van der Waals surface area contributed by atoms with Crippen molar-refractivity contribution in [2.75, 3.05) is 20.3 Å². The molecular weight excluding hydrogens is 415 g/mol. The quantitative estimate of drug-likeness (QED) is 0.643. The first-order valence-corrected chi connectivity index (χ1v) is 9.89. The SMILES string of the molecule is CCNC(=O)[C@H](C)N(Cc1ccc(Cl)cc1Cl)C(=O)COc1ccccc1OC. The molecule has 2 aromatic carbocycles. The van der Waals surface area contributed by atoms with E-state index in [1.165, 1.54) is 12.0 Å². The zero-order valence-corrected chi connectivity index (χ0v) is 18.1. The van der Waals surface area contributed by atoms with Crippen LogP contribution in [0.5, 0.6) is 11.5 Å². The molecule has 6 nitrogen and oxygen atoms in total. The number of likely N-dealkylation sites (N-methyl/N-ethyl adjacent to an activating group) is 1. The van der Waals surface area contributed by atoms with Crippen LogP contribution in [0.25, 0.3) is 0 Å². The van der Waals surface area contributed by atoms with Gasteiger partial charge in [0.15, 0.2) is 18.1 Å². The van der Waals surface area contributed by atoms with Crippen LogP contribution in [0.4, 0.5) is 0 Å². The summed E-state index contributed by atoms with van der Waals surface area (Å²) in [4.78, 5) is 26.8. The summed E-state index contributed by atoms with van der Waals surface area (Å²) in [6, 6.07) is 11.3. The Morgan fingerprint density at radius 3 is 2.45 bits per heavy atom. The maximum absolute atomic E-state index is 13.0. The second kappa shape index (κ2) is 10.9. The van der Waals surface area contributed by atoms with Crippen LogP contribution in [-0.2, 0) is 16.1 Å². The summed E-state index contributed by atoms with van der Waals surface area (Å²) in [6.07, 6.45) is 0. The Balaban J connectivity index is 2.21. The summed E-state index contributed by atoms with van der Waals surface area (Å²) < 4.78 is 10.9. The van der Waals surface area contributed by atoms with E-state index >= 15 is 0 Å². The molecule has 29 heavy (non-hydrogen) atoms. The normalized spacial score (nSPS) is 11.5. The predicted molar refractivity (Wildman–Crippen MR) is 114 cm³/mol. The van der Waals surface area contributed by atoms with Crippen molar-refractivity contribution in [1.29, 1.82) is 0 Å². The number of nitrogens with zero attached hydrogens (tertiary/aromatic N) is 1. The molecule has 0 aliphatic carbocycles. The molecule has 2 amide bonds. The molecule has 0 saturated heterocycles. The molecule has 0 heterocycles. The summed E-state index contributed by atoms with van der Waals surface area (Å²) in [7, 11) is 1.52. The van der Waals surface area contributed by atoms with E-state index in [0.717, 1.165) is 0 Å². The molecule has 0 fully saturated rings. The second-order valence-corrected chi connectivity index (χ2v) is 7.11. The largest absolute Gasteiger partial charge is 0.493 e. The molecule has 1 N–H and O–H groups in total. The minimum atomic E-state index is -0.713. The first-order valence-electron chi connectivity index (χ1n) is 9.14. The topological polar surface area (TPSA) is 67.9 Å². The van der Waals surface area contributed by atoms with E-state index in [9.17, 15) is 9.59 Å². The average Bonchev–Trinajstić information content (AvgIpc) is 2.71. The van der Waals surface area contributed by atoms with E-state index in [4.69, 9.17) is 32.7 Å². The van der Waals surface area contributed by atoms with Crippen molar-refractivity contribution < 1.29 is 19.1 Å². The van der Waals surface area contributed by atoms with Gasteiger partial charge in [0.2, 0.25) is 5.91 Å². The van der Waals surface area contributed by atoms with Gasteiger partial charge in [0.05, 0.1) is 7.11 Å². The molecule has 0 radical (unpaired) electrons. The number of carbonyl (C=O) groups is 2. The van der Waals surface area contributed by atoms with Gasteiger partial charge in [-0.05, 0) is 43.7 Å². The van der Waals surface area contributed by atoms with Gasteiger partial charge < -0.3 is 19.7 Å². The number of methoxy groups -OCH3 is 1. The molecule has 0 aliphatic rings. The molecule has 0 spiro atoms. The Kier molecular flexibility index (Phi) is 8.61. The number of amides is 2. The van der Waals surface area contributed by atoms with Gasteiger partial charge in [0, 0.05) is 23.1 Å². The fourth-order valence-electron chi connectivity index (χ4n) is 2.70. The van der Waals surface area contributed by atoms with E-state index < -0.39 is 6.04 Å². The van der Waals surface area contributed by atoms with Gasteiger partial charge in [0.25, 0.3) is 5.91 Å². The van der Waals surface area contributed by atoms with Crippen molar-refractivity contribution in [2.24, 2.45) is 0 Å². The number of benzene rings is 2. The molecule has 0 bridgehead atoms. The minimum Gasteiger partial charge on any atom is -0.493 e. The Bertz CT molecular complexity index is 860. The number of carbonyl (C=O) groups excluding carboxylic acids is 2. The van der Waals surface area contributed by atoms with Crippen molar-refractivity contribution in [1.82, 2.24) is 10.2 Å². The highest BCUT2D eigenvalue weighted by Gasteiger charge is 2.27. The Labute approximate surface area is 180 Å². The molecule has 2 rings (SSSR count). The van der Waals surface area contributed by atoms with E-state index in [2.05, 4.69) is 5.32 Å². The molecule has 8 heteroatoms. The van der Waals surface area contributed by atoms with Crippen LogP contribution in [0.3, 0.4) is 0 Å². The lowest BCUT2D eigenvalue weighted by Gasteiger charge is -2.29. The predicted octanol–water partition coefficient (Wildman–Crippen LogP) is 3.93. The van der Waals surface area contributed by atoms with Gasteiger partial charge >= 0.3 is 0 Å². The van der Waals surface area contributed by atoms with Crippen LogP contribution in [0.2, 0.25) is 10.0 Å². The van der Waals surface area contributed by atoms with E-state index in [1.54, 1.807) is 49.4 Å². The molecular formula is C21H24Cl2N2O4. The molecule has 1 atom stereocenters. The van der Waals surface area contributed by atoms with Crippen molar-refractivity contribution >= 4 is 35.0 Å². The molecule has 0 aromatic heterocycles. The van der Waals surface area contributed by atoms with Gasteiger partial charge in [-0.25, -0.2) is 0 Å². The number of hydrogen-bond donors (Lipinski definition) is 1. The fourth-order valence-corrected chi connectivity index (χ4v) is 3.17. The van der Waals surface area contributed by atoms with Crippen LogP contribution in [0.1, 0.15) is 19.4 Å². The highest BCUT2D eigenvalue weighted by atomic mass is 35.5. The van der Waals surface area contributed by atoms with Crippen LogP contribution < -0.4 is 14.8 Å². The zero-order chi connectivity index (χ0) is 21.4. The van der Waals surface area contributed by atoms with Crippen molar-refractivity contribution in [3.63, 3.8) is 0 Å². The van der Waals surface area contributed by atoms with E-state index in [0.29, 0.717) is 33.7 Å². The maximum Gasteiger partial charge on any atom is 0.261 e. The third kappa shape index (κ3) is 6.27. The van der Waals surface area contributed by atoms with Crippen LogP contribution in [-0.4, -0.2) is 43.0 Å². The average molecular weight is 439 g/mol. The number of hydrogen-bond acceptors (Lipinski definition) is 4. The third-order valence-corrected chi connectivity index (χ3v) is 4.88. The lowest BCUT2D eigenvalue weighted by atomic mass is 10.1. The van der Waals surface area contributed by atoms with Gasteiger partial charge in [-0.2, -0.15) is 0 Å². The molecule has 0 aliphatic heterocycles. The summed E-state index contributed by atoms with van der Waals surface area (Å²) in [5, 5.41) is 3.65. The smallest absolute Gasteiger partial charge is 0.261 e. The Morgan fingerprint density at radius 2 is 1.83 bits per heavy atom. The van der Waals surface area contributed by atoms with Crippen LogP contribution in [0, 0.1) is 0 Å². The molecule has 156 valence electrons. The number of nitrogens with one attached hydrogen (secondary N) is 1. The highest BCUT2D eigenvalue weighted by Crippen LogP contribution is 2.26. The standard InChI is InChI=1S/C21H24Cl2N2O4/c1-4-24-21(27)14(2)25(12-15-9-10-16(22)11-17(15)23)20(26)13-29-19-8-6-5-7-18(19)28-3/h5-11,14H,4,12-13H2,1-3H3,(H,24,27)/t14-/m0/s1. The number of ether oxygens (including phenoxy) is 2. The minimum absolute atomic E-state index is 0.141. The van der Waals surface area contributed by atoms with E-state index in [1.807, 2.05) is 6.92 Å². The summed E-state index contributed by atoms with van der Waals surface area (Å²) in [6.45, 7) is 3.83. The van der Waals surface area contributed by atoms with Gasteiger partial charge in [-0.15, -0.1) is 0 Å². The van der Waals surface area contributed by atoms with Gasteiger partial charge in [0.1, 0.15) is 6.04 Å². The lowest BCUT2D eigenvalue weighted by Crippen LogP contribution is -2.49. The first kappa shape index (κ1) is 22.8. The first-order chi connectivity index (χ1) is 13.9. The Morgan fingerprint density at radius 1 is 1.14 bits per heavy atom. The molecule has 0 unspecified atom stereocenters. The van der Waals surface area contributed by atoms with Crippen LogP contribution in [0.15, 0.2) is 42.5 Å². The number of para-hydroxylation sites is 2. The summed E-state index contributed by atoms with van der Waals surface area (Å²) >= 11 is 12.2. The maximum atomic E-state index is 13.0. The van der Waals surface area contributed by atoms with Gasteiger partial charge in [-0.1, -0.05) is 41.4 Å². The molecule has 0 saturated carbocycles. The van der Waals surface area contributed by atoms with Crippen molar-refractivity contribution in [2.45, 2.75) is 26.4 Å². The summed E-state index contributed by atoms with van der Waals surface area (Å²) in [5.41, 5.74) is 0.679. The number of halogens is 2. The van der Waals surface area contributed by atoms with Crippen molar-refractivity contribution in [3.8, 4) is 11.5 Å². The monoisotopic (exact) mass is 438 g/mol. The summed E-state index contributed by atoms with van der Waals surface area (Å²) in [5.74, 6) is 0.340. The van der Waals surface area contributed by atoms with Gasteiger partial charge in [-0.3, -0.25) is 9.59 Å². The van der Waals surface area contributed by atoms with Crippen molar-refractivity contribution in [3.05, 3.63) is 58.1 Å². The second-order valence-electron chi connectivity index (χ2n) is 6.27. The zero-order valence-electron chi connectivity index (χ0n) is 16.6.